The van der Waals surface area contributed by atoms with Gasteiger partial charge in [-0.05, 0) is 74.4 Å². The zero-order valence-corrected chi connectivity index (χ0v) is 13.7. The number of hydrogen-bond acceptors (Lipinski definition) is 3. The molecule has 1 aliphatic carbocycles. The van der Waals surface area contributed by atoms with Crippen molar-refractivity contribution in [2.75, 3.05) is 13.1 Å². The lowest BCUT2D eigenvalue weighted by Gasteiger charge is -2.45. The number of halogens is 1. The van der Waals surface area contributed by atoms with Crippen LogP contribution in [0.15, 0.2) is 12.1 Å². The van der Waals surface area contributed by atoms with Gasteiger partial charge in [0.25, 0.3) is 0 Å². The maximum atomic E-state index is 9.77. The molecule has 3 nitrogen and oxygen atoms in total. The summed E-state index contributed by atoms with van der Waals surface area (Å²) in [4.78, 5) is 2.63. The van der Waals surface area contributed by atoms with Crippen LogP contribution in [0, 0.1) is 0 Å². The molecule has 0 saturated carbocycles. The second-order valence-corrected chi connectivity index (χ2v) is 5.93. The first-order chi connectivity index (χ1) is 9.20. The third-order valence-corrected chi connectivity index (χ3v) is 4.75. The fourth-order valence-corrected chi connectivity index (χ4v) is 3.94. The maximum Gasteiger partial charge on any atom is 0.157 e. The SMILES string of the molecule is Br.CCCN1CCC[C@@H]2c3cc(O)c(O)cc3CC[C@H]21. The number of piperidine rings is 1. The minimum absolute atomic E-state index is 0. The predicted molar refractivity (Wildman–Crippen MR) is 86.0 cm³/mol. The number of hydrogen-bond donors (Lipinski definition) is 2. The van der Waals surface area contributed by atoms with Crippen LogP contribution in [0.5, 0.6) is 11.5 Å². The number of phenols is 2. The number of aryl methyl sites for hydroxylation is 1. The first-order valence-corrected chi connectivity index (χ1v) is 7.49. The number of likely N-dealkylation sites (tertiary alicyclic amines) is 1. The highest BCUT2D eigenvalue weighted by Crippen LogP contribution is 2.43. The molecule has 1 saturated heterocycles. The van der Waals surface area contributed by atoms with Gasteiger partial charge in [-0.1, -0.05) is 6.92 Å². The summed E-state index contributed by atoms with van der Waals surface area (Å²) in [5.74, 6) is 0.598. The van der Waals surface area contributed by atoms with Crippen molar-refractivity contribution < 1.29 is 10.2 Å². The van der Waals surface area contributed by atoms with Gasteiger partial charge in [0.15, 0.2) is 11.5 Å². The van der Waals surface area contributed by atoms with E-state index in [-0.39, 0.29) is 28.5 Å². The molecule has 0 unspecified atom stereocenters. The summed E-state index contributed by atoms with van der Waals surface area (Å²) in [5, 5.41) is 19.4. The van der Waals surface area contributed by atoms with Gasteiger partial charge in [0.1, 0.15) is 0 Å². The summed E-state index contributed by atoms with van der Waals surface area (Å²) in [7, 11) is 0. The highest BCUT2D eigenvalue weighted by atomic mass is 79.9. The Hall–Kier alpha value is -0.740. The van der Waals surface area contributed by atoms with Crippen molar-refractivity contribution in [2.45, 2.75) is 51.0 Å². The van der Waals surface area contributed by atoms with Crippen molar-refractivity contribution in [1.29, 1.82) is 0 Å². The van der Waals surface area contributed by atoms with Crippen LogP contribution in [0.25, 0.3) is 0 Å². The number of benzene rings is 1. The zero-order chi connectivity index (χ0) is 13.4. The van der Waals surface area contributed by atoms with E-state index in [1.807, 2.05) is 0 Å². The molecular formula is C16H24BrNO2. The highest BCUT2D eigenvalue weighted by molar-refractivity contribution is 8.93. The number of rotatable bonds is 2. The predicted octanol–water partition coefficient (Wildman–Crippen LogP) is 3.58. The van der Waals surface area contributed by atoms with Gasteiger partial charge in [0.05, 0.1) is 0 Å². The second kappa shape index (κ2) is 6.35. The molecule has 1 aromatic carbocycles. The first-order valence-electron chi connectivity index (χ1n) is 7.49. The molecule has 4 heteroatoms. The molecule has 2 aliphatic rings. The van der Waals surface area contributed by atoms with Crippen molar-refractivity contribution in [3.63, 3.8) is 0 Å². The molecule has 2 atom stereocenters. The lowest BCUT2D eigenvalue weighted by atomic mass is 9.74. The molecule has 0 amide bonds. The highest BCUT2D eigenvalue weighted by Gasteiger charge is 2.36. The second-order valence-electron chi connectivity index (χ2n) is 5.93. The average Bonchev–Trinajstić information content (AvgIpc) is 2.41. The van der Waals surface area contributed by atoms with Gasteiger partial charge in [-0.3, -0.25) is 4.90 Å². The average molecular weight is 342 g/mol. The van der Waals surface area contributed by atoms with E-state index in [0.717, 1.165) is 6.42 Å². The summed E-state index contributed by atoms with van der Waals surface area (Å²) in [6.45, 7) is 4.64. The maximum absolute atomic E-state index is 9.77. The molecule has 0 aromatic heterocycles. The van der Waals surface area contributed by atoms with E-state index in [9.17, 15) is 10.2 Å². The molecule has 0 bridgehead atoms. The van der Waals surface area contributed by atoms with Crippen LogP contribution < -0.4 is 0 Å². The van der Waals surface area contributed by atoms with Crippen LogP contribution in [0.1, 0.15) is 49.7 Å². The van der Waals surface area contributed by atoms with E-state index < -0.39 is 0 Å². The Kier molecular flexibility index (Phi) is 4.97. The smallest absolute Gasteiger partial charge is 0.157 e. The molecule has 112 valence electrons. The Morgan fingerprint density at radius 2 is 1.95 bits per heavy atom. The summed E-state index contributed by atoms with van der Waals surface area (Å²) < 4.78 is 0. The van der Waals surface area contributed by atoms with E-state index >= 15 is 0 Å². The normalized spacial score (nSPS) is 25.4. The van der Waals surface area contributed by atoms with Gasteiger partial charge in [0.2, 0.25) is 0 Å². The van der Waals surface area contributed by atoms with E-state index in [1.54, 1.807) is 12.1 Å². The third kappa shape index (κ3) is 2.68. The molecule has 20 heavy (non-hydrogen) atoms. The van der Waals surface area contributed by atoms with Crippen molar-refractivity contribution in [1.82, 2.24) is 4.90 Å². The topological polar surface area (TPSA) is 43.7 Å². The molecule has 0 spiro atoms. The first kappa shape index (κ1) is 15.6. The summed E-state index contributed by atoms with van der Waals surface area (Å²) >= 11 is 0. The van der Waals surface area contributed by atoms with E-state index in [4.69, 9.17) is 0 Å². The quantitative estimate of drug-likeness (QED) is 0.808. The lowest BCUT2D eigenvalue weighted by molar-refractivity contribution is 0.112. The lowest BCUT2D eigenvalue weighted by Crippen LogP contribution is -2.46. The fraction of sp³-hybridized carbons (Fsp3) is 0.625. The Balaban J connectivity index is 0.00000147. The number of fused-ring (bicyclic) bond motifs is 3. The summed E-state index contributed by atoms with van der Waals surface area (Å²) in [6.07, 6.45) is 5.85. The molecule has 2 N–H and O–H groups in total. The fourth-order valence-electron chi connectivity index (χ4n) is 3.94. The molecule has 1 fully saturated rings. The number of nitrogens with zero attached hydrogens (tertiary/aromatic N) is 1. The van der Waals surface area contributed by atoms with Crippen LogP contribution in [0.2, 0.25) is 0 Å². The largest absolute Gasteiger partial charge is 0.504 e. The van der Waals surface area contributed by atoms with Crippen LogP contribution in [0.3, 0.4) is 0 Å². The van der Waals surface area contributed by atoms with Gasteiger partial charge >= 0.3 is 0 Å². The van der Waals surface area contributed by atoms with Crippen molar-refractivity contribution in [2.24, 2.45) is 0 Å². The van der Waals surface area contributed by atoms with Gasteiger partial charge in [0, 0.05) is 6.04 Å². The standard InChI is InChI=1S/C16H23NO2.BrH/c1-2-7-17-8-3-4-12-13-10-16(19)15(18)9-11(13)5-6-14(12)17;/h9-10,12,14,18-19H,2-8H2,1H3;1H/t12-,14-;/m1./s1. The molecule has 0 radical (unpaired) electrons. The molecule has 1 aliphatic heterocycles. The Bertz CT molecular complexity index is 476. The molecule has 3 rings (SSSR count). The minimum atomic E-state index is 0. The van der Waals surface area contributed by atoms with Gasteiger partial charge in [-0.25, -0.2) is 0 Å². The Morgan fingerprint density at radius 1 is 1.20 bits per heavy atom. The Morgan fingerprint density at radius 3 is 2.70 bits per heavy atom. The van der Waals surface area contributed by atoms with Crippen molar-refractivity contribution in [3.8, 4) is 11.5 Å². The zero-order valence-electron chi connectivity index (χ0n) is 12.0. The van der Waals surface area contributed by atoms with Gasteiger partial charge < -0.3 is 10.2 Å². The van der Waals surface area contributed by atoms with Crippen molar-refractivity contribution >= 4 is 17.0 Å². The van der Waals surface area contributed by atoms with Crippen LogP contribution in [-0.2, 0) is 6.42 Å². The molecular weight excluding hydrogens is 318 g/mol. The third-order valence-electron chi connectivity index (χ3n) is 4.75. The minimum Gasteiger partial charge on any atom is -0.504 e. The van der Waals surface area contributed by atoms with E-state index in [1.165, 1.54) is 49.9 Å². The Labute approximate surface area is 131 Å². The monoisotopic (exact) mass is 341 g/mol. The summed E-state index contributed by atoms with van der Waals surface area (Å²) in [5.41, 5.74) is 2.50. The van der Waals surface area contributed by atoms with Crippen LogP contribution >= 0.6 is 17.0 Å². The van der Waals surface area contributed by atoms with E-state index in [0.29, 0.717) is 12.0 Å². The van der Waals surface area contributed by atoms with Gasteiger partial charge in [-0.2, -0.15) is 0 Å². The number of aromatic hydroxyl groups is 2. The summed E-state index contributed by atoms with van der Waals surface area (Å²) in [6, 6.07) is 4.20. The van der Waals surface area contributed by atoms with Crippen molar-refractivity contribution in [3.05, 3.63) is 23.3 Å². The van der Waals surface area contributed by atoms with Crippen LogP contribution in [0.4, 0.5) is 0 Å². The molecule has 1 heterocycles. The van der Waals surface area contributed by atoms with Crippen LogP contribution in [-0.4, -0.2) is 34.2 Å². The molecule has 1 aromatic rings. The van der Waals surface area contributed by atoms with Gasteiger partial charge in [-0.15, -0.1) is 17.0 Å². The van der Waals surface area contributed by atoms with E-state index in [2.05, 4.69) is 11.8 Å². The number of phenolic OH excluding ortho intramolecular Hbond substituents is 2.